The van der Waals surface area contributed by atoms with Gasteiger partial charge in [-0.15, -0.1) is 0 Å². The van der Waals surface area contributed by atoms with E-state index in [9.17, 15) is 13.9 Å². The fourth-order valence-corrected chi connectivity index (χ4v) is 1.48. The Morgan fingerprint density at radius 1 is 1.33 bits per heavy atom. The van der Waals surface area contributed by atoms with Gasteiger partial charge in [0.15, 0.2) is 11.6 Å². The third-order valence-electron chi connectivity index (χ3n) is 2.70. The normalized spacial score (nSPS) is 14.3. The molecule has 5 heteroatoms. The summed E-state index contributed by atoms with van der Waals surface area (Å²) in [6.07, 6.45) is 1.91. The third-order valence-corrected chi connectivity index (χ3v) is 2.70. The van der Waals surface area contributed by atoms with E-state index >= 15 is 0 Å². The number of nitrogens with two attached hydrogens (primary N) is 1. The first-order valence-electron chi connectivity index (χ1n) is 5.95. The van der Waals surface area contributed by atoms with Crippen molar-refractivity contribution in [2.24, 2.45) is 5.73 Å². The molecule has 1 aromatic rings. The first kappa shape index (κ1) is 14.9. The third kappa shape index (κ3) is 4.98. The van der Waals surface area contributed by atoms with Crippen LogP contribution in [0.1, 0.15) is 26.2 Å². The first-order chi connectivity index (χ1) is 8.44. The van der Waals surface area contributed by atoms with Gasteiger partial charge < -0.3 is 15.6 Å². The molecule has 1 rings (SSSR count). The monoisotopic (exact) mass is 259 g/mol. The molecule has 0 bridgehead atoms. The number of benzene rings is 1. The van der Waals surface area contributed by atoms with Crippen molar-refractivity contribution in [3.05, 3.63) is 29.8 Å². The van der Waals surface area contributed by atoms with Gasteiger partial charge in [-0.3, -0.25) is 0 Å². The number of aliphatic hydroxyl groups is 1. The summed E-state index contributed by atoms with van der Waals surface area (Å²) in [7, 11) is 0. The lowest BCUT2D eigenvalue weighted by Crippen LogP contribution is -2.33. The van der Waals surface area contributed by atoms with Crippen LogP contribution in [0.25, 0.3) is 0 Å². The van der Waals surface area contributed by atoms with Gasteiger partial charge in [0.05, 0.1) is 12.2 Å². The van der Waals surface area contributed by atoms with Crippen LogP contribution in [0.15, 0.2) is 18.2 Å². The van der Waals surface area contributed by atoms with Crippen LogP contribution in [0.2, 0.25) is 0 Å². The Kier molecular flexibility index (Phi) is 5.50. The molecular formula is C13H19F2NO2. The fraction of sp³-hybridized carbons (Fsp3) is 0.538. The summed E-state index contributed by atoms with van der Waals surface area (Å²) in [4.78, 5) is 0. The molecule has 0 aliphatic rings. The molecule has 0 saturated heterocycles. The van der Waals surface area contributed by atoms with E-state index in [1.807, 2.05) is 0 Å². The molecule has 18 heavy (non-hydrogen) atoms. The zero-order chi connectivity index (χ0) is 13.6. The van der Waals surface area contributed by atoms with Crippen LogP contribution in [0.3, 0.4) is 0 Å². The van der Waals surface area contributed by atoms with Crippen molar-refractivity contribution in [2.45, 2.75) is 31.8 Å². The lowest BCUT2D eigenvalue weighted by molar-refractivity contribution is 0.0561. The molecule has 1 atom stereocenters. The second-order valence-electron chi connectivity index (χ2n) is 4.58. The van der Waals surface area contributed by atoms with Crippen LogP contribution in [0.4, 0.5) is 8.78 Å². The summed E-state index contributed by atoms with van der Waals surface area (Å²) in [6, 6.07) is 3.09. The molecule has 102 valence electrons. The number of hydrogen-bond donors (Lipinski definition) is 2. The summed E-state index contributed by atoms with van der Waals surface area (Å²) >= 11 is 0. The standard InChI is InChI=1S/C13H19F2NO2/c1-13(17,9-16)6-2-3-7-18-12-8-10(14)4-5-11(12)15/h4-5,8,17H,2-3,6-7,9,16H2,1H3. The second kappa shape index (κ2) is 6.66. The lowest BCUT2D eigenvalue weighted by atomic mass is 10.00. The molecule has 0 fully saturated rings. The second-order valence-corrected chi connectivity index (χ2v) is 4.58. The smallest absolute Gasteiger partial charge is 0.165 e. The van der Waals surface area contributed by atoms with Crippen molar-refractivity contribution in [3.8, 4) is 5.75 Å². The Morgan fingerprint density at radius 2 is 2.06 bits per heavy atom. The molecule has 0 radical (unpaired) electrons. The molecule has 0 spiro atoms. The quantitative estimate of drug-likeness (QED) is 0.738. The van der Waals surface area contributed by atoms with E-state index in [1.54, 1.807) is 6.92 Å². The van der Waals surface area contributed by atoms with Crippen molar-refractivity contribution >= 4 is 0 Å². The van der Waals surface area contributed by atoms with Crippen LogP contribution < -0.4 is 10.5 Å². The predicted molar refractivity (Wildman–Crippen MR) is 65.4 cm³/mol. The van der Waals surface area contributed by atoms with E-state index < -0.39 is 17.2 Å². The van der Waals surface area contributed by atoms with Gasteiger partial charge in [0.2, 0.25) is 0 Å². The Labute approximate surface area is 106 Å². The highest BCUT2D eigenvalue weighted by molar-refractivity contribution is 5.24. The van der Waals surface area contributed by atoms with Gasteiger partial charge in [0.25, 0.3) is 0 Å². The van der Waals surface area contributed by atoms with E-state index in [0.717, 1.165) is 18.2 Å². The van der Waals surface area contributed by atoms with Crippen molar-refractivity contribution in [2.75, 3.05) is 13.2 Å². The van der Waals surface area contributed by atoms with Crippen LogP contribution in [0.5, 0.6) is 5.75 Å². The summed E-state index contributed by atoms with van der Waals surface area (Å²) in [5.74, 6) is -1.19. The van der Waals surface area contributed by atoms with E-state index in [1.165, 1.54) is 0 Å². The van der Waals surface area contributed by atoms with E-state index in [0.29, 0.717) is 19.3 Å². The minimum absolute atomic E-state index is 0.0828. The average Bonchev–Trinajstić information content (AvgIpc) is 2.33. The van der Waals surface area contributed by atoms with E-state index in [2.05, 4.69) is 0 Å². The van der Waals surface area contributed by atoms with Crippen molar-refractivity contribution in [1.82, 2.24) is 0 Å². The molecule has 0 aliphatic heterocycles. The van der Waals surface area contributed by atoms with Gasteiger partial charge in [-0.05, 0) is 38.3 Å². The number of ether oxygens (including phenoxy) is 1. The molecule has 1 unspecified atom stereocenters. The largest absolute Gasteiger partial charge is 0.490 e. The van der Waals surface area contributed by atoms with Crippen LogP contribution >= 0.6 is 0 Å². The van der Waals surface area contributed by atoms with Crippen molar-refractivity contribution < 1.29 is 18.6 Å². The number of hydrogen-bond acceptors (Lipinski definition) is 3. The number of rotatable bonds is 7. The molecule has 0 amide bonds. The predicted octanol–water partition coefficient (Wildman–Crippen LogP) is 2.22. The molecule has 0 saturated carbocycles. The molecular weight excluding hydrogens is 240 g/mol. The highest BCUT2D eigenvalue weighted by Gasteiger charge is 2.16. The molecule has 1 aromatic carbocycles. The summed E-state index contributed by atoms with van der Waals surface area (Å²) in [5.41, 5.74) is 4.51. The Balaban J connectivity index is 2.28. The topological polar surface area (TPSA) is 55.5 Å². The fourth-order valence-electron chi connectivity index (χ4n) is 1.48. The summed E-state index contributed by atoms with van der Waals surface area (Å²) in [6.45, 7) is 2.15. The molecule has 0 aromatic heterocycles. The number of unbranched alkanes of at least 4 members (excludes halogenated alkanes) is 1. The zero-order valence-corrected chi connectivity index (χ0v) is 10.5. The summed E-state index contributed by atoms with van der Waals surface area (Å²) < 4.78 is 31.1. The molecule has 0 heterocycles. The first-order valence-corrected chi connectivity index (χ1v) is 5.95. The van der Waals surface area contributed by atoms with Gasteiger partial charge in [0, 0.05) is 12.6 Å². The molecule has 0 aliphatic carbocycles. The van der Waals surface area contributed by atoms with Gasteiger partial charge in [-0.25, -0.2) is 8.78 Å². The highest BCUT2D eigenvalue weighted by atomic mass is 19.1. The minimum Gasteiger partial charge on any atom is -0.490 e. The van der Waals surface area contributed by atoms with Gasteiger partial charge in [-0.2, -0.15) is 0 Å². The maximum absolute atomic E-state index is 13.2. The average molecular weight is 259 g/mol. The van der Waals surface area contributed by atoms with E-state index in [-0.39, 0.29) is 18.9 Å². The highest BCUT2D eigenvalue weighted by Crippen LogP contribution is 2.19. The van der Waals surface area contributed by atoms with E-state index in [4.69, 9.17) is 10.5 Å². The Hall–Kier alpha value is -1.20. The lowest BCUT2D eigenvalue weighted by Gasteiger charge is -2.20. The van der Waals surface area contributed by atoms with Crippen LogP contribution in [0, 0.1) is 11.6 Å². The SMILES string of the molecule is CC(O)(CN)CCCCOc1cc(F)ccc1F. The van der Waals surface area contributed by atoms with Gasteiger partial charge in [0.1, 0.15) is 5.82 Å². The van der Waals surface area contributed by atoms with Crippen LogP contribution in [-0.4, -0.2) is 23.9 Å². The van der Waals surface area contributed by atoms with Gasteiger partial charge in [-0.1, -0.05) is 0 Å². The maximum atomic E-state index is 13.2. The Bertz CT molecular complexity index is 383. The Morgan fingerprint density at radius 3 is 2.72 bits per heavy atom. The maximum Gasteiger partial charge on any atom is 0.165 e. The molecule has 3 N–H and O–H groups in total. The minimum atomic E-state index is -0.871. The zero-order valence-electron chi connectivity index (χ0n) is 10.5. The number of halogens is 2. The summed E-state index contributed by atoms with van der Waals surface area (Å²) in [5, 5.41) is 9.64. The molecule has 3 nitrogen and oxygen atoms in total. The van der Waals surface area contributed by atoms with Crippen molar-refractivity contribution in [1.29, 1.82) is 0 Å². The van der Waals surface area contributed by atoms with Gasteiger partial charge >= 0.3 is 0 Å². The van der Waals surface area contributed by atoms with Crippen molar-refractivity contribution in [3.63, 3.8) is 0 Å². The van der Waals surface area contributed by atoms with Crippen LogP contribution in [-0.2, 0) is 0 Å².